The van der Waals surface area contributed by atoms with Gasteiger partial charge in [0.15, 0.2) is 0 Å². The van der Waals surface area contributed by atoms with Crippen LogP contribution in [0.15, 0.2) is 10.5 Å². The Morgan fingerprint density at radius 2 is 2.07 bits per heavy atom. The number of aromatic hydroxyl groups is 1. The third kappa shape index (κ3) is 2.51. The lowest BCUT2D eigenvalue weighted by molar-refractivity contribution is 0.165. The molecule has 1 unspecified atom stereocenters. The van der Waals surface area contributed by atoms with Gasteiger partial charge in [0, 0.05) is 10.0 Å². The Bertz CT molecular complexity index is 340. The Kier molecular flexibility index (Phi) is 4.13. The lowest BCUT2D eigenvalue weighted by Crippen LogP contribution is -2.09. The van der Waals surface area contributed by atoms with E-state index >= 15 is 0 Å². The number of rotatable bonds is 3. The highest BCUT2D eigenvalue weighted by molar-refractivity contribution is 9.10. The molecule has 0 aromatic heterocycles. The molecule has 1 aromatic carbocycles. The van der Waals surface area contributed by atoms with E-state index in [4.69, 9.17) is 5.73 Å². The molecular formula is C11H16BrNO2. The molecule has 4 heteroatoms. The lowest BCUT2D eigenvalue weighted by atomic mass is 9.97. The van der Waals surface area contributed by atoms with Gasteiger partial charge in [-0.2, -0.15) is 0 Å². The van der Waals surface area contributed by atoms with Crippen LogP contribution in [0.2, 0.25) is 0 Å². The topological polar surface area (TPSA) is 66.5 Å². The summed E-state index contributed by atoms with van der Waals surface area (Å²) in [5, 5.41) is 19.7. The summed E-state index contributed by atoms with van der Waals surface area (Å²) in [6.45, 7) is 4.06. The molecule has 0 fully saturated rings. The van der Waals surface area contributed by atoms with E-state index in [-0.39, 0.29) is 5.75 Å². The number of aryl methyl sites for hydroxylation is 1. The first-order chi connectivity index (χ1) is 6.99. The smallest absolute Gasteiger partial charge is 0.124 e. The second-order valence-corrected chi connectivity index (χ2v) is 4.51. The molecule has 0 spiro atoms. The number of phenols is 1. The zero-order valence-corrected chi connectivity index (χ0v) is 10.5. The molecule has 1 atom stereocenters. The molecular weight excluding hydrogens is 258 g/mol. The predicted octanol–water partition coefficient (Wildman–Crippen LogP) is 2.15. The number of halogens is 1. The molecule has 0 bridgehead atoms. The van der Waals surface area contributed by atoms with E-state index in [2.05, 4.69) is 15.9 Å². The third-order valence-corrected chi connectivity index (χ3v) is 3.33. The highest BCUT2D eigenvalue weighted by Gasteiger charge is 2.18. The van der Waals surface area contributed by atoms with Crippen molar-refractivity contribution in [3.63, 3.8) is 0 Å². The highest BCUT2D eigenvalue weighted by Crippen LogP contribution is 2.36. The largest absolute Gasteiger partial charge is 0.507 e. The maximum atomic E-state index is 9.88. The van der Waals surface area contributed by atoms with E-state index in [0.29, 0.717) is 18.5 Å². The van der Waals surface area contributed by atoms with Crippen LogP contribution in [0.3, 0.4) is 0 Å². The van der Waals surface area contributed by atoms with Crippen molar-refractivity contribution in [2.45, 2.75) is 26.4 Å². The van der Waals surface area contributed by atoms with E-state index < -0.39 is 6.10 Å². The van der Waals surface area contributed by atoms with Gasteiger partial charge in [-0.15, -0.1) is 0 Å². The van der Waals surface area contributed by atoms with Crippen LogP contribution in [0, 0.1) is 13.8 Å². The van der Waals surface area contributed by atoms with Gasteiger partial charge in [-0.25, -0.2) is 0 Å². The summed E-state index contributed by atoms with van der Waals surface area (Å²) >= 11 is 3.40. The number of aliphatic hydroxyl groups excluding tert-OH is 1. The van der Waals surface area contributed by atoms with Gasteiger partial charge in [-0.05, 0) is 44.0 Å². The van der Waals surface area contributed by atoms with Gasteiger partial charge in [0.05, 0.1) is 6.10 Å². The van der Waals surface area contributed by atoms with Gasteiger partial charge in [0.25, 0.3) is 0 Å². The fourth-order valence-electron chi connectivity index (χ4n) is 1.60. The van der Waals surface area contributed by atoms with Crippen molar-refractivity contribution in [2.75, 3.05) is 6.54 Å². The standard InChI is InChI=1S/C11H16BrNO2/c1-6-5-8(12)7(2)10(11(6)15)9(14)3-4-13/h5,9,14-15H,3-4,13H2,1-2H3. The summed E-state index contributed by atoms with van der Waals surface area (Å²) < 4.78 is 0.892. The molecule has 0 amide bonds. The Morgan fingerprint density at radius 1 is 1.47 bits per heavy atom. The molecule has 0 radical (unpaired) electrons. The lowest BCUT2D eigenvalue weighted by Gasteiger charge is -2.17. The van der Waals surface area contributed by atoms with Crippen LogP contribution in [-0.4, -0.2) is 16.8 Å². The van der Waals surface area contributed by atoms with Gasteiger partial charge >= 0.3 is 0 Å². The highest BCUT2D eigenvalue weighted by atomic mass is 79.9. The molecule has 3 nitrogen and oxygen atoms in total. The molecule has 4 N–H and O–H groups in total. The Morgan fingerprint density at radius 3 is 2.60 bits per heavy atom. The molecule has 84 valence electrons. The third-order valence-electron chi connectivity index (χ3n) is 2.51. The minimum atomic E-state index is -0.703. The van der Waals surface area contributed by atoms with Gasteiger partial charge in [-0.1, -0.05) is 15.9 Å². The average Bonchev–Trinajstić information content (AvgIpc) is 2.16. The van der Waals surface area contributed by atoms with E-state index in [0.717, 1.165) is 15.6 Å². The van der Waals surface area contributed by atoms with Gasteiger partial charge < -0.3 is 15.9 Å². The van der Waals surface area contributed by atoms with E-state index in [1.165, 1.54) is 0 Å². The molecule has 0 saturated carbocycles. The van der Waals surface area contributed by atoms with Gasteiger partial charge in [0.1, 0.15) is 5.75 Å². The fourth-order valence-corrected chi connectivity index (χ4v) is 2.15. The van der Waals surface area contributed by atoms with Gasteiger partial charge in [-0.3, -0.25) is 0 Å². The molecule has 0 saturated heterocycles. The average molecular weight is 274 g/mol. The molecule has 0 aliphatic heterocycles. The predicted molar refractivity (Wildman–Crippen MR) is 63.9 cm³/mol. The second-order valence-electron chi connectivity index (χ2n) is 3.66. The minimum Gasteiger partial charge on any atom is -0.507 e. The van der Waals surface area contributed by atoms with E-state index in [1.54, 1.807) is 6.92 Å². The number of hydrogen-bond donors (Lipinski definition) is 3. The Hall–Kier alpha value is -0.580. The summed E-state index contributed by atoms with van der Waals surface area (Å²) in [6.07, 6.45) is -0.254. The normalized spacial score (nSPS) is 12.9. The molecule has 1 rings (SSSR count). The van der Waals surface area contributed by atoms with Crippen molar-refractivity contribution in [3.8, 4) is 5.75 Å². The van der Waals surface area contributed by atoms with Crippen LogP contribution in [0.4, 0.5) is 0 Å². The molecule has 0 aliphatic carbocycles. The zero-order chi connectivity index (χ0) is 11.6. The molecule has 0 heterocycles. The maximum Gasteiger partial charge on any atom is 0.124 e. The summed E-state index contributed by atoms with van der Waals surface area (Å²) in [4.78, 5) is 0. The number of phenolic OH excluding ortho intramolecular Hbond substituents is 1. The number of aliphatic hydroxyl groups is 1. The summed E-state index contributed by atoms with van der Waals surface area (Å²) in [6, 6.07) is 1.84. The Labute approximate surface area is 98.1 Å². The first-order valence-electron chi connectivity index (χ1n) is 4.85. The first-order valence-corrected chi connectivity index (χ1v) is 5.65. The summed E-state index contributed by atoms with van der Waals surface area (Å²) in [5.74, 6) is 0.164. The number of hydrogen-bond acceptors (Lipinski definition) is 3. The van der Waals surface area contributed by atoms with Crippen molar-refractivity contribution in [3.05, 3.63) is 27.2 Å². The summed E-state index contributed by atoms with van der Waals surface area (Å²) in [5.41, 5.74) is 7.57. The minimum absolute atomic E-state index is 0.164. The van der Waals surface area contributed by atoms with Crippen LogP contribution >= 0.6 is 15.9 Å². The molecule has 0 aliphatic rings. The van der Waals surface area contributed by atoms with Crippen molar-refractivity contribution >= 4 is 15.9 Å². The number of benzene rings is 1. The zero-order valence-electron chi connectivity index (χ0n) is 8.92. The van der Waals surface area contributed by atoms with Crippen LogP contribution in [0.25, 0.3) is 0 Å². The van der Waals surface area contributed by atoms with E-state index in [1.807, 2.05) is 13.0 Å². The second kappa shape index (κ2) is 4.96. The van der Waals surface area contributed by atoms with Crippen LogP contribution < -0.4 is 5.73 Å². The quantitative estimate of drug-likeness (QED) is 0.791. The summed E-state index contributed by atoms with van der Waals surface area (Å²) in [7, 11) is 0. The number of nitrogens with two attached hydrogens (primary N) is 1. The van der Waals surface area contributed by atoms with E-state index in [9.17, 15) is 10.2 Å². The SMILES string of the molecule is Cc1cc(Br)c(C)c(C(O)CCN)c1O. The van der Waals surface area contributed by atoms with Crippen LogP contribution in [-0.2, 0) is 0 Å². The van der Waals surface area contributed by atoms with Crippen molar-refractivity contribution in [1.29, 1.82) is 0 Å². The monoisotopic (exact) mass is 273 g/mol. The van der Waals surface area contributed by atoms with Crippen LogP contribution in [0.1, 0.15) is 29.2 Å². The first kappa shape index (κ1) is 12.5. The van der Waals surface area contributed by atoms with Gasteiger partial charge in [0.2, 0.25) is 0 Å². The van der Waals surface area contributed by atoms with Crippen LogP contribution in [0.5, 0.6) is 5.75 Å². The van der Waals surface area contributed by atoms with Crippen molar-refractivity contribution in [1.82, 2.24) is 0 Å². The fraction of sp³-hybridized carbons (Fsp3) is 0.455. The molecule has 1 aromatic rings. The molecule has 15 heavy (non-hydrogen) atoms. The Balaban J connectivity index is 3.26. The maximum absolute atomic E-state index is 9.88. The van der Waals surface area contributed by atoms with Crippen molar-refractivity contribution < 1.29 is 10.2 Å². The van der Waals surface area contributed by atoms with Crippen molar-refractivity contribution in [2.24, 2.45) is 5.73 Å².